The van der Waals surface area contributed by atoms with Crippen molar-refractivity contribution in [3.05, 3.63) is 53.5 Å². The van der Waals surface area contributed by atoms with E-state index in [4.69, 9.17) is 5.11 Å². The highest BCUT2D eigenvalue weighted by Gasteiger charge is 2.19. The van der Waals surface area contributed by atoms with E-state index in [9.17, 15) is 0 Å². The van der Waals surface area contributed by atoms with E-state index < -0.39 is 0 Å². The summed E-state index contributed by atoms with van der Waals surface area (Å²) in [5.41, 5.74) is 2.78. The number of nitrogens with one attached hydrogen (secondary N) is 1. The average Bonchev–Trinajstić information content (AvgIpc) is 2.48. The van der Waals surface area contributed by atoms with E-state index in [1.165, 1.54) is 17.5 Å². The normalized spacial score (nSPS) is 17.8. The second kappa shape index (κ2) is 5.36. The first-order valence-corrected chi connectivity index (χ1v) is 6.64. The Balaban J connectivity index is 1.84. The fourth-order valence-electron chi connectivity index (χ4n) is 2.64. The van der Waals surface area contributed by atoms with Gasteiger partial charge in [-0.1, -0.05) is 24.3 Å². The summed E-state index contributed by atoms with van der Waals surface area (Å²) in [4.78, 5) is 8.28. The Labute approximate surface area is 112 Å². The molecule has 19 heavy (non-hydrogen) atoms. The average molecular weight is 255 g/mol. The Morgan fingerprint density at radius 1 is 1.26 bits per heavy atom. The Bertz CT molecular complexity index is 571. The van der Waals surface area contributed by atoms with Crippen LogP contribution in [0.4, 0.5) is 5.82 Å². The quantitative estimate of drug-likeness (QED) is 0.884. The van der Waals surface area contributed by atoms with E-state index in [1.807, 2.05) is 6.07 Å². The molecule has 98 valence electrons. The molecule has 0 amide bonds. The molecule has 0 saturated carbocycles. The van der Waals surface area contributed by atoms with Crippen molar-refractivity contribution in [2.24, 2.45) is 0 Å². The smallest absolute Gasteiger partial charge is 0.156 e. The summed E-state index contributed by atoms with van der Waals surface area (Å²) in [6.07, 6.45) is 5.12. The zero-order valence-corrected chi connectivity index (χ0v) is 10.7. The third-order valence-corrected chi connectivity index (χ3v) is 3.54. The molecule has 0 aliphatic heterocycles. The molecule has 0 fully saturated rings. The van der Waals surface area contributed by atoms with Crippen LogP contribution in [0.2, 0.25) is 0 Å². The number of aliphatic hydroxyl groups is 1. The van der Waals surface area contributed by atoms with E-state index >= 15 is 0 Å². The summed E-state index contributed by atoms with van der Waals surface area (Å²) >= 11 is 0. The molecule has 1 atom stereocenters. The van der Waals surface area contributed by atoms with Crippen molar-refractivity contribution in [3.8, 4) is 0 Å². The van der Waals surface area contributed by atoms with Crippen LogP contribution >= 0.6 is 0 Å². The largest absolute Gasteiger partial charge is 0.388 e. The number of hydrogen-bond acceptors (Lipinski definition) is 4. The number of anilines is 1. The molecule has 1 unspecified atom stereocenters. The van der Waals surface area contributed by atoms with E-state index in [0.29, 0.717) is 11.9 Å². The standard InChI is InChI=1S/C15H17N3O/c19-10-15-16-9-8-14(18-15)17-13-7-3-5-11-4-1-2-6-12(11)13/h1-2,4,6,8-9,13,19H,3,5,7,10H2,(H,16,17,18). The molecule has 1 aliphatic carbocycles. The van der Waals surface area contributed by atoms with Gasteiger partial charge in [-0.15, -0.1) is 0 Å². The monoisotopic (exact) mass is 255 g/mol. The van der Waals surface area contributed by atoms with Gasteiger partial charge in [0.15, 0.2) is 5.82 Å². The van der Waals surface area contributed by atoms with Crippen LogP contribution in [-0.2, 0) is 13.0 Å². The number of rotatable bonds is 3. The van der Waals surface area contributed by atoms with Gasteiger partial charge in [0, 0.05) is 6.20 Å². The topological polar surface area (TPSA) is 58.0 Å². The van der Waals surface area contributed by atoms with E-state index in [1.54, 1.807) is 6.20 Å². The zero-order valence-electron chi connectivity index (χ0n) is 10.7. The predicted molar refractivity (Wildman–Crippen MR) is 73.7 cm³/mol. The van der Waals surface area contributed by atoms with Crippen LogP contribution in [0.5, 0.6) is 0 Å². The molecule has 1 aliphatic rings. The molecule has 0 bridgehead atoms. The van der Waals surface area contributed by atoms with Crippen LogP contribution in [0.3, 0.4) is 0 Å². The second-order valence-electron chi connectivity index (χ2n) is 4.80. The minimum absolute atomic E-state index is 0.128. The van der Waals surface area contributed by atoms with Gasteiger partial charge in [-0.25, -0.2) is 9.97 Å². The van der Waals surface area contributed by atoms with Crippen LogP contribution in [0.25, 0.3) is 0 Å². The third-order valence-electron chi connectivity index (χ3n) is 3.54. The molecule has 0 saturated heterocycles. The summed E-state index contributed by atoms with van der Waals surface area (Å²) in [5.74, 6) is 1.23. The number of aliphatic hydroxyl groups excluding tert-OH is 1. The van der Waals surface area contributed by atoms with E-state index in [2.05, 4.69) is 39.6 Å². The first kappa shape index (κ1) is 12.1. The van der Waals surface area contributed by atoms with Crippen molar-refractivity contribution in [1.82, 2.24) is 9.97 Å². The number of aromatic nitrogens is 2. The summed E-state index contributed by atoms with van der Waals surface area (Å²) in [6.45, 7) is -0.128. The Morgan fingerprint density at radius 2 is 2.16 bits per heavy atom. The Hall–Kier alpha value is -1.94. The van der Waals surface area contributed by atoms with Crippen molar-refractivity contribution in [3.63, 3.8) is 0 Å². The second-order valence-corrected chi connectivity index (χ2v) is 4.80. The molecule has 1 aromatic carbocycles. The zero-order chi connectivity index (χ0) is 13.1. The van der Waals surface area contributed by atoms with Crippen LogP contribution in [0, 0.1) is 0 Å². The molecule has 0 radical (unpaired) electrons. The van der Waals surface area contributed by atoms with Gasteiger partial charge in [-0.3, -0.25) is 0 Å². The first-order chi connectivity index (χ1) is 9.36. The Kier molecular flexibility index (Phi) is 3.42. The van der Waals surface area contributed by atoms with Gasteiger partial charge in [0.1, 0.15) is 12.4 Å². The lowest BCUT2D eigenvalue weighted by Gasteiger charge is -2.26. The summed E-state index contributed by atoms with van der Waals surface area (Å²) in [5, 5.41) is 12.5. The summed E-state index contributed by atoms with van der Waals surface area (Å²) in [6, 6.07) is 10.7. The van der Waals surface area contributed by atoms with Gasteiger partial charge in [0.2, 0.25) is 0 Å². The van der Waals surface area contributed by atoms with Crippen molar-refractivity contribution in [2.75, 3.05) is 5.32 Å². The highest BCUT2D eigenvalue weighted by Crippen LogP contribution is 2.31. The maximum absolute atomic E-state index is 9.07. The SMILES string of the molecule is OCc1nccc(NC2CCCc3ccccc32)n1. The molecule has 2 N–H and O–H groups in total. The lowest BCUT2D eigenvalue weighted by molar-refractivity contribution is 0.271. The fraction of sp³-hybridized carbons (Fsp3) is 0.333. The van der Waals surface area contributed by atoms with Crippen LogP contribution in [0.15, 0.2) is 36.5 Å². The third kappa shape index (κ3) is 2.58. The highest BCUT2D eigenvalue weighted by molar-refractivity contribution is 5.41. The molecule has 1 aromatic heterocycles. The maximum Gasteiger partial charge on any atom is 0.156 e. The first-order valence-electron chi connectivity index (χ1n) is 6.64. The molecular weight excluding hydrogens is 238 g/mol. The van der Waals surface area contributed by atoms with Crippen molar-refractivity contribution in [2.45, 2.75) is 31.9 Å². The number of benzene rings is 1. The molecule has 4 nitrogen and oxygen atoms in total. The van der Waals surface area contributed by atoms with Gasteiger partial charge in [-0.05, 0) is 36.5 Å². The van der Waals surface area contributed by atoms with E-state index in [0.717, 1.165) is 18.7 Å². The summed E-state index contributed by atoms with van der Waals surface area (Å²) in [7, 11) is 0. The van der Waals surface area contributed by atoms with Crippen LogP contribution < -0.4 is 5.32 Å². The van der Waals surface area contributed by atoms with Gasteiger partial charge in [0.05, 0.1) is 6.04 Å². The molecule has 2 aromatic rings. The lowest BCUT2D eigenvalue weighted by atomic mass is 9.88. The van der Waals surface area contributed by atoms with Gasteiger partial charge in [0.25, 0.3) is 0 Å². The van der Waals surface area contributed by atoms with Crippen molar-refractivity contribution >= 4 is 5.82 Å². The van der Waals surface area contributed by atoms with Crippen LogP contribution in [-0.4, -0.2) is 15.1 Å². The summed E-state index contributed by atoms with van der Waals surface area (Å²) < 4.78 is 0. The minimum atomic E-state index is -0.128. The number of fused-ring (bicyclic) bond motifs is 1. The minimum Gasteiger partial charge on any atom is -0.388 e. The van der Waals surface area contributed by atoms with Gasteiger partial charge in [-0.2, -0.15) is 0 Å². The Morgan fingerprint density at radius 3 is 3.05 bits per heavy atom. The molecule has 1 heterocycles. The number of hydrogen-bond donors (Lipinski definition) is 2. The van der Waals surface area contributed by atoms with Crippen molar-refractivity contribution in [1.29, 1.82) is 0 Å². The van der Waals surface area contributed by atoms with E-state index in [-0.39, 0.29) is 6.61 Å². The number of nitrogens with zero attached hydrogens (tertiary/aromatic N) is 2. The van der Waals surface area contributed by atoms with Crippen LogP contribution in [0.1, 0.15) is 35.8 Å². The maximum atomic E-state index is 9.07. The van der Waals surface area contributed by atoms with Gasteiger partial charge >= 0.3 is 0 Å². The predicted octanol–water partition coefficient (Wildman–Crippen LogP) is 2.46. The lowest BCUT2D eigenvalue weighted by Crippen LogP contribution is -2.18. The molecular formula is C15H17N3O. The fourth-order valence-corrected chi connectivity index (χ4v) is 2.64. The number of aryl methyl sites for hydroxylation is 1. The molecule has 3 rings (SSSR count). The van der Waals surface area contributed by atoms with Gasteiger partial charge < -0.3 is 10.4 Å². The van der Waals surface area contributed by atoms with Crippen molar-refractivity contribution < 1.29 is 5.11 Å². The molecule has 4 heteroatoms. The highest BCUT2D eigenvalue weighted by atomic mass is 16.3. The molecule has 0 spiro atoms.